The van der Waals surface area contributed by atoms with Crippen molar-refractivity contribution in [1.82, 2.24) is 15.0 Å². The minimum atomic E-state index is -0.0326. The average molecular weight is 407 g/mol. The fraction of sp³-hybridized carbons (Fsp3) is 0.190. The number of fused-ring (bicyclic) bond motifs is 1. The van der Waals surface area contributed by atoms with Crippen LogP contribution in [0.5, 0.6) is 5.88 Å². The highest BCUT2D eigenvalue weighted by Gasteiger charge is 2.22. The van der Waals surface area contributed by atoms with Crippen LogP contribution in [-0.4, -0.2) is 52.5 Å². The monoisotopic (exact) mass is 406 g/mol. The first-order valence-electron chi connectivity index (χ1n) is 9.43. The van der Waals surface area contributed by atoms with Crippen molar-refractivity contribution in [3.05, 3.63) is 58.9 Å². The molecule has 1 saturated heterocycles. The quantitative estimate of drug-likeness (QED) is 0.692. The summed E-state index contributed by atoms with van der Waals surface area (Å²) in [5.74, 6) is 1.26. The summed E-state index contributed by atoms with van der Waals surface area (Å²) in [4.78, 5) is 20.6. The van der Waals surface area contributed by atoms with Crippen LogP contribution in [0.4, 0.5) is 17.5 Å². The number of nitrogens with zero attached hydrogens (tertiary/aromatic N) is 5. The molecule has 0 radical (unpaired) electrons. The predicted molar refractivity (Wildman–Crippen MR) is 116 cm³/mol. The molecule has 1 fully saturated rings. The minimum Gasteiger partial charge on any atom is -0.492 e. The molecule has 0 spiro atoms. The van der Waals surface area contributed by atoms with Gasteiger partial charge in [0.2, 0.25) is 11.8 Å². The Balaban J connectivity index is 1.33. The lowest BCUT2D eigenvalue weighted by molar-refractivity contribution is 0.455. The van der Waals surface area contributed by atoms with Gasteiger partial charge >= 0.3 is 0 Å². The van der Waals surface area contributed by atoms with E-state index in [1.807, 2.05) is 18.2 Å². The normalized spacial score (nSPS) is 17.2. The minimum absolute atomic E-state index is 0.0326. The van der Waals surface area contributed by atoms with Gasteiger partial charge in [-0.05, 0) is 24.3 Å². The van der Waals surface area contributed by atoms with E-state index < -0.39 is 0 Å². The zero-order chi connectivity index (χ0) is 19.8. The lowest BCUT2D eigenvalue weighted by Gasteiger charge is -2.35. The molecule has 2 aliphatic rings. The van der Waals surface area contributed by atoms with Crippen molar-refractivity contribution in [3.8, 4) is 5.88 Å². The van der Waals surface area contributed by atoms with Gasteiger partial charge in [0.05, 0.1) is 5.02 Å². The van der Waals surface area contributed by atoms with Gasteiger partial charge in [0.1, 0.15) is 5.69 Å². The van der Waals surface area contributed by atoms with E-state index in [4.69, 9.17) is 11.6 Å². The van der Waals surface area contributed by atoms with E-state index in [9.17, 15) is 5.11 Å². The fourth-order valence-corrected chi connectivity index (χ4v) is 3.81. The van der Waals surface area contributed by atoms with Crippen LogP contribution in [-0.2, 0) is 0 Å². The number of rotatable bonds is 3. The number of para-hydroxylation sites is 1. The maximum atomic E-state index is 10.3. The predicted octanol–water partition coefficient (Wildman–Crippen LogP) is 3.75. The first-order valence-corrected chi connectivity index (χ1v) is 9.81. The molecule has 0 saturated carbocycles. The van der Waals surface area contributed by atoms with E-state index in [2.05, 4.69) is 54.0 Å². The average Bonchev–Trinajstić information content (AvgIpc) is 3.32. The van der Waals surface area contributed by atoms with E-state index in [1.54, 1.807) is 12.4 Å². The number of hydrogen-bond donors (Lipinski definition) is 2. The largest absolute Gasteiger partial charge is 0.492 e. The molecule has 8 heteroatoms. The molecule has 0 atom stereocenters. The Kier molecular flexibility index (Phi) is 4.44. The first kappa shape index (κ1) is 17.8. The second-order valence-electron chi connectivity index (χ2n) is 6.99. The first-order chi connectivity index (χ1) is 14.2. The third-order valence-corrected chi connectivity index (χ3v) is 5.38. The Morgan fingerprint density at radius 3 is 2.62 bits per heavy atom. The second kappa shape index (κ2) is 7.25. The molecule has 29 heavy (non-hydrogen) atoms. The lowest BCUT2D eigenvalue weighted by Crippen LogP contribution is -2.46. The molecule has 2 N–H and O–H groups in total. The maximum absolute atomic E-state index is 10.3. The molecule has 2 aromatic heterocycles. The molecule has 146 valence electrons. The van der Waals surface area contributed by atoms with Gasteiger partial charge < -0.3 is 19.9 Å². The molecule has 0 aliphatic carbocycles. The highest BCUT2D eigenvalue weighted by molar-refractivity contribution is 6.31. The summed E-state index contributed by atoms with van der Waals surface area (Å²) in [7, 11) is 0. The Morgan fingerprint density at radius 1 is 1.07 bits per heavy atom. The number of aromatic hydroxyl groups is 1. The highest BCUT2D eigenvalue weighted by Crippen LogP contribution is 2.34. The number of aromatic amines is 1. The van der Waals surface area contributed by atoms with Crippen LogP contribution in [0.3, 0.4) is 0 Å². The van der Waals surface area contributed by atoms with E-state index in [-0.39, 0.29) is 5.88 Å². The molecule has 5 rings (SSSR count). The van der Waals surface area contributed by atoms with Crippen LogP contribution in [0.15, 0.2) is 47.6 Å². The Labute approximate surface area is 173 Å². The summed E-state index contributed by atoms with van der Waals surface area (Å²) in [6.07, 6.45) is 5.10. The van der Waals surface area contributed by atoms with Gasteiger partial charge in [-0.15, -0.1) is 0 Å². The van der Waals surface area contributed by atoms with Crippen molar-refractivity contribution < 1.29 is 5.11 Å². The number of aliphatic imine (C=N–C) groups is 1. The summed E-state index contributed by atoms with van der Waals surface area (Å²) < 4.78 is 0. The van der Waals surface area contributed by atoms with Crippen molar-refractivity contribution >= 4 is 46.9 Å². The third-order valence-electron chi connectivity index (χ3n) is 5.17. The van der Waals surface area contributed by atoms with Gasteiger partial charge in [-0.2, -0.15) is 4.98 Å². The summed E-state index contributed by atoms with van der Waals surface area (Å²) in [6.45, 7) is 3.43. The van der Waals surface area contributed by atoms with Crippen LogP contribution in [0, 0.1) is 0 Å². The number of allylic oxidation sites excluding steroid dienone is 1. The van der Waals surface area contributed by atoms with Crippen molar-refractivity contribution in [3.63, 3.8) is 0 Å². The molecular formula is C21H19ClN6O. The van der Waals surface area contributed by atoms with Crippen molar-refractivity contribution in [2.24, 2.45) is 4.99 Å². The number of anilines is 2. The van der Waals surface area contributed by atoms with Crippen LogP contribution in [0.25, 0.3) is 11.6 Å². The highest BCUT2D eigenvalue weighted by atomic mass is 35.5. The number of piperazine rings is 1. The molecule has 3 aromatic rings. The Morgan fingerprint density at radius 2 is 1.83 bits per heavy atom. The smallest absolute Gasteiger partial charge is 0.238 e. The number of halogens is 1. The Bertz CT molecular complexity index is 1100. The molecular weight excluding hydrogens is 388 g/mol. The molecule has 4 heterocycles. The zero-order valence-electron chi connectivity index (χ0n) is 15.6. The van der Waals surface area contributed by atoms with Crippen molar-refractivity contribution in [2.45, 2.75) is 0 Å². The number of aromatic nitrogens is 3. The lowest BCUT2D eigenvalue weighted by atomic mass is 10.1. The number of H-pyrrole nitrogens is 1. The second-order valence-corrected chi connectivity index (χ2v) is 7.43. The molecule has 0 bridgehead atoms. The fourth-order valence-electron chi connectivity index (χ4n) is 3.65. The summed E-state index contributed by atoms with van der Waals surface area (Å²) >= 11 is 6.06. The molecule has 0 amide bonds. The van der Waals surface area contributed by atoms with Crippen LogP contribution in [0.2, 0.25) is 5.02 Å². The standard InChI is InChI=1S/C21H19ClN6O/c22-15-11-17-14(12-23-19(17)24-13-15)10-18-20(29)26-21(25-18)28-8-6-27(7-9-28)16-4-2-1-3-5-16/h1-5,10-13,29H,6-9H2,(H,25,26). The Hall–Kier alpha value is -3.32. The topological polar surface area (TPSA) is 80.6 Å². The number of nitrogens with one attached hydrogen (secondary N) is 1. The zero-order valence-corrected chi connectivity index (χ0v) is 16.3. The van der Waals surface area contributed by atoms with E-state index >= 15 is 0 Å². The number of benzene rings is 1. The summed E-state index contributed by atoms with van der Waals surface area (Å²) in [5, 5.41) is 10.9. The molecule has 0 unspecified atom stereocenters. The third kappa shape index (κ3) is 3.45. The van der Waals surface area contributed by atoms with E-state index in [1.165, 1.54) is 5.69 Å². The number of hydrogen-bond acceptors (Lipinski definition) is 6. The van der Waals surface area contributed by atoms with Gasteiger partial charge in [-0.1, -0.05) is 29.8 Å². The van der Waals surface area contributed by atoms with Gasteiger partial charge in [-0.3, -0.25) is 0 Å². The van der Waals surface area contributed by atoms with Crippen LogP contribution < -0.4 is 9.80 Å². The SMILES string of the molecule is Oc1nc(N2CCN(c3ccccc3)CC2)[nH]c1C=C1C=Nc2ncc(Cl)cc21. The van der Waals surface area contributed by atoms with E-state index in [0.29, 0.717) is 22.5 Å². The van der Waals surface area contributed by atoms with E-state index in [0.717, 1.165) is 37.3 Å². The maximum Gasteiger partial charge on any atom is 0.238 e. The molecule has 7 nitrogen and oxygen atoms in total. The van der Waals surface area contributed by atoms with Gasteiger partial charge in [-0.25, -0.2) is 9.98 Å². The van der Waals surface area contributed by atoms with Crippen molar-refractivity contribution in [2.75, 3.05) is 36.0 Å². The van der Waals surface area contributed by atoms with Gasteiger partial charge in [0.25, 0.3) is 0 Å². The van der Waals surface area contributed by atoms with Gasteiger partial charge in [0.15, 0.2) is 5.82 Å². The molecule has 1 aromatic carbocycles. The van der Waals surface area contributed by atoms with Crippen LogP contribution >= 0.6 is 11.6 Å². The van der Waals surface area contributed by atoms with Crippen molar-refractivity contribution in [1.29, 1.82) is 0 Å². The summed E-state index contributed by atoms with van der Waals surface area (Å²) in [5.41, 5.74) is 3.44. The number of imidazole rings is 1. The molecule has 2 aliphatic heterocycles. The summed E-state index contributed by atoms with van der Waals surface area (Å²) in [6, 6.07) is 12.2. The number of pyridine rings is 1. The van der Waals surface area contributed by atoms with Gasteiger partial charge in [0, 0.05) is 55.4 Å². The van der Waals surface area contributed by atoms with Crippen LogP contribution in [0.1, 0.15) is 11.3 Å².